The number of carbonyl (C=O) groups excluding carboxylic acids is 2. The van der Waals surface area contributed by atoms with Crippen LogP contribution in [0.1, 0.15) is 54.5 Å². The minimum atomic E-state index is -0.731. The van der Waals surface area contributed by atoms with Crippen LogP contribution < -0.4 is 21.1 Å². The molecule has 5 N–H and O–H groups in total. The summed E-state index contributed by atoms with van der Waals surface area (Å²) in [6.45, 7) is 4.55. The molecule has 2 aromatic carbocycles. The predicted octanol–water partition coefficient (Wildman–Crippen LogP) is 2.63. The summed E-state index contributed by atoms with van der Waals surface area (Å²) in [5, 5.41) is 5.57. The van der Waals surface area contributed by atoms with Gasteiger partial charge in [0.05, 0.1) is 24.3 Å². The maximum atomic E-state index is 12.2. The Morgan fingerprint density at radius 1 is 0.976 bits per heavy atom. The highest BCUT2D eigenvalue weighted by Gasteiger charge is 2.33. The summed E-state index contributed by atoms with van der Waals surface area (Å²) in [6.07, 6.45) is 2.18. The van der Waals surface area contributed by atoms with E-state index in [0.29, 0.717) is 24.7 Å². The van der Waals surface area contributed by atoms with Crippen molar-refractivity contribution in [1.82, 2.24) is 15.4 Å². The third-order valence-corrected chi connectivity index (χ3v) is 8.75. The largest absolute Gasteiger partial charge is 0.368 e. The highest BCUT2D eigenvalue weighted by atomic mass is 32.2. The van der Waals surface area contributed by atoms with Gasteiger partial charge in [-0.15, -0.1) is 0 Å². The molecule has 9 heteroatoms. The molecule has 2 aliphatic carbocycles. The van der Waals surface area contributed by atoms with Gasteiger partial charge in [0.2, 0.25) is 11.8 Å². The molecule has 0 fully saturated rings. The van der Waals surface area contributed by atoms with Gasteiger partial charge < -0.3 is 25.8 Å². The molecule has 0 heterocycles. The van der Waals surface area contributed by atoms with Crippen molar-refractivity contribution >= 4 is 23.8 Å². The zero-order chi connectivity index (χ0) is 29.9. The van der Waals surface area contributed by atoms with E-state index >= 15 is 0 Å². The topological polar surface area (TPSA) is 115 Å². The van der Waals surface area contributed by atoms with E-state index in [2.05, 4.69) is 82.4 Å². The van der Waals surface area contributed by atoms with Gasteiger partial charge in [0, 0.05) is 18.1 Å². The Morgan fingerprint density at radius 2 is 1.57 bits per heavy atom. The van der Waals surface area contributed by atoms with E-state index < -0.39 is 18.0 Å². The Kier molecular flexibility index (Phi) is 11.9. The number of nitrogens with two attached hydrogens (primary N) is 1. The second kappa shape index (κ2) is 15.8. The van der Waals surface area contributed by atoms with Crippen LogP contribution in [0.5, 0.6) is 0 Å². The van der Waals surface area contributed by atoms with Gasteiger partial charge in [-0.1, -0.05) is 79.2 Å². The van der Waals surface area contributed by atoms with Gasteiger partial charge in [-0.2, -0.15) is 0 Å². The average molecular weight is 589 g/mol. The minimum absolute atomic E-state index is 0.0315. The molecule has 0 saturated heterocycles. The van der Waals surface area contributed by atoms with Crippen molar-refractivity contribution in [3.63, 3.8) is 0 Å². The number of amides is 2. The molecule has 0 aliphatic heterocycles. The van der Waals surface area contributed by atoms with Crippen molar-refractivity contribution < 1.29 is 19.1 Å². The first-order valence-corrected chi connectivity index (χ1v) is 15.4. The molecule has 222 valence electrons. The van der Waals surface area contributed by atoms with Gasteiger partial charge in [0.1, 0.15) is 19.3 Å². The Bertz CT molecular complexity index is 1360. The molecule has 2 aromatic rings. The van der Waals surface area contributed by atoms with E-state index in [1.54, 1.807) is 14.0 Å². The number of benzene rings is 2. The van der Waals surface area contributed by atoms with Crippen molar-refractivity contribution in [2.45, 2.75) is 69.4 Å². The summed E-state index contributed by atoms with van der Waals surface area (Å²) in [6, 6.07) is 15.6. The van der Waals surface area contributed by atoms with Crippen LogP contribution >= 0.6 is 11.9 Å². The number of hydrogen-bond donors (Lipinski definition) is 4. The number of nitrogens with one attached hydrogen (secondary N) is 3. The van der Waals surface area contributed by atoms with Crippen LogP contribution in [0.4, 0.5) is 0 Å². The fraction of sp³-hybridized carbons (Fsp3) is 0.455. The normalized spacial score (nSPS) is 21.6. The molecule has 42 heavy (non-hydrogen) atoms. The SMILES string of the molecule is CN[C@@H](C)C(=O)N[C@@H](CCSN[C@H]1c2ccccc2C[C@H]1OCC#CC#CCO[C@@H]1Cc2ccccc2[C@@H]1C)C(N)=O. The van der Waals surface area contributed by atoms with E-state index in [4.69, 9.17) is 15.2 Å². The van der Waals surface area contributed by atoms with Crippen molar-refractivity contribution in [1.29, 1.82) is 0 Å². The van der Waals surface area contributed by atoms with E-state index in [9.17, 15) is 9.59 Å². The van der Waals surface area contributed by atoms with Crippen LogP contribution in [0.15, 0.2) is 48.5 Å². The first-order valence-electron chi connectivity index (χ1n) is 14.4. The monoisotopic (exact) mass is 588 g/mol. The number of hydrogen-bond acceptors (Lipinski definition) is 7. The van der Waals surface area contributed by atoms with Crippen LogP contribution in [-0.2, 0) is 31.9 Å². The Hall–Kier alpha value is -3.31. The lowest BCUT2D eigenvalue weighted by molar-refractivity contribution is -0.128. The Labute approximate surface area is 253 Å². The highest BCUT2D eigenvalue weighted by molar-refractivity contribution is 7.97. The maximum Gasteiger partial charge on any atom is 0.240 e. The molecule has 0 unspecified atom stereocenters. The number of rotatable bonds is 13. The lowest BCUT2D eigenvalue weighted by Crippen LogP contribution is -2.50. The Morgan fingerprint density at radius 3 is 2.21 bits per heavy atom. The highest BCUT2D eigenvalue weighted by Crippen LogP contribution is 2.35. The fourth-order valence-corrected chi connectivity index (χ4v) is 6.24. The molecule has 2 amide bonds. The first kappa shape index (κ1) is 31.6. The predicted molar refractivity (Wildman–Crippen MR) is 166 cm³/mol. The zero-order valence-electron chi connectivity index (χ0n) is 24.4. The van der Waals surface area contributed by atoms with Crippen molar-refractivity contribution in [2.75, 3.05) is 26.0 Å². The van der Waals surface area contributed by atoms with Crippen LogP contribution in [0, 0.1) is 23.7 Å². The third kappa shape index (κ3) is 8.38. The standard InChI is InChI=1S/C33H40N4O4S/c1-22-26-14-8-6-12-24(26)20-29(22)40-17-10-4-5-11-18-41-30-21-25-13-7-9-15-27(25)31(30)37-42-19-16-28(32(34)38)36-33(39)23(2)35-3/h6-9,12-15,22-23,28-31,35,37H,16-21H2,1-3H3,(H2,34,38)(H,36,39)/t22-,23-,28-,29+,30+,31-/m0/s1. The van der Waals surface area contributed by atoms with Gasteiger partial charge in [-0.25, -0.2) is 0 Å². The van der Waals surface area contributed by atoms with Crippen LogP contribution in [0.2, 0.25) is 0 Å². The summed E-state index contributed by atoms with van der Waals surface area (Å²) in [4.78, 5) is 24.0. The summed E-state index contributed by atoms with van der Waals surface area (Å²) in [5.74, 6) is 11.9. The van der Waals surface area contributed by atoms with Gasteiger partial charge >= 0.3 is 0 Å². The first-order chi connectivity index (χ1) is 20.4. The molecule has 0 saturated carbocycles. The van der Waals surface area contributed by atoms with Gasteiger partial charge in [0.15, 0.2) is 0 Å². The van der Waals surface area contributed by atoms with Gasteiger partial charge in [-0.3, -0.25) is 14.3 Å². The molecule has 8 nitrogen and oxygen atoms in total. The molecule has 6 atom stereocenters. The Balaban J connectivity index is 1.21. The van der Waals surface area contributed by atoms with E-state index in [0.717, 1.165) is 12.8 Å². The summed E-state index contributed by atoms with van der Waals surface area (Å²) in [7, 11) is 1.69. The van der Waals surface area contributed by atoms with Gasteiger partial charge in [-0.05, 0) is 60.9 Å². The van der Waals surface area contributed by atoms with Gasteiger partial charge in [0.25, 0.3) is 0 Å². The van der Waals surface area contributed by atoms with Crippen LogP contribution in [0.3, 0.4) is 0 Å². The minimum Gasteiger partial charge on any atom is -0.368 e. The average Bonchev–Trinajstić information content (AvgIpc) is 3.51. The number of primary amides is 1. The second-order valence-electron chi connectivity index (χ2n) is 10.6. The van der Waals surface area contributed by atoms with E-state index in [1.807, 2.05) is 12.1 Å². The summed E-state index contributed by atoms with van der Waals surface area (Å²) >= 11 is 1.49. The molecule has 0 radical (unpaired) electrons. The zero-order valence-corrected chi connectivity index (χ0v) is 25.3. The fourth-order valence-electron chi connectivity index (χ4n) is 5.31. The number of ether oxygens (including phenoxy) is 2. The van der Waals surface area contributed by atoms with E-state index in [1.165, 1.54) is 34.2 Å². The summed E-state index contributed by atoms with van der Waals surface area (Å²) in [5.41, 5.74) is 10.7. The lowest BCUT2D eigenvalue weighted by Gasteiger charge is -2.22. The smallest absolute Gasteiger partial charge is 0.240 e. The number of likely N-dealkylation sites (N-methyl/N-ethyl adjacent to an activating group) is 1. The van der Waals surface area contributed by atoms with Crippen LogP contribution in [0.25, 0.3) is 0 Å². The van der Waals surface area contributed by atoms with Crippen molar-refractivity contribution in [3.05, 3.63) is 70.8 Å². The number of carbonyl (C=O) groups is 2. The van der Waals surface area contributed by atoms with Crippen molar-refractivity contribution in [2.24, 2.45) is 5.73 Å². The van der Waals surface area contributed by atoms with Crippen molar-refractivity contribution in [3.8, 4) is 23.7 Å². The van der Waals surface area contributed by atoms with Crippen LogP contribution in [-0.4, -0.2) is 62.1 Å². The summed E-state index contributed by atoms with van der Waals surface area (Å²) < 4.78 is 15.7. The molecule has 0 bridgehead atoms. The number of fused-ring (bicyclic) bond motifs is 2. The molecule has 0 spiro atoms. The van der Waals surface area contributed by atoms with E-state index in [-0.39, 0.29) is 30.8 Å². The molecular formula is C33H40N4O4S. The lowest BCUT2D eigenvalue weighted by atomic mass is 10.0. The third-order valence-electron chi connectivity index (χ3n) is 7.89. The maximum absolute atomic E-state index is 12.2. The molecule has 4 rings (SSSR count). The molecular weight excluding hydrogens is 548 g/mol. The molecule has 0 aromatic heterocycles. The second-order valence-corrected chi connectivity index (χ2v) is 11.5. The quantitative estimate of drug-likeness (QED) is 0.162. The molecule has 2 aliphatic rings.